The Balaban J connectivity index is 1.67. The molecule has 3 N–H and O–H groups in total. The zero-order valence-corrected chi connectivity index (χ0v) is 14.9. The van der Waals surface area contributed by atoms with E-state index >= 15 is 0 Å². The lowest BCUT2D eigenvalue weighted by atomic mass is 10.1. The molecule has 4 heteroatoms. The van der Waals surface area contributed by atoms with Crippen molar-refractivity contribution in [3.05, 3.63) is 53.6 Å². The summed E-state index contributed by atoms with van der Waals surface area (Å²) in [6.45, 7) is 3.91. The van der Waals surface area contributed by atoms with Crippen molar-refractivity contribution in [3.63, 3.8) is 0 Å². The lowest BCUT2D eigenvalue weighted by molar-refractivity contribution is 0.0793. The average molecular weight is 337 g/mol. The van der Waals surface area contributed by atoms with Gasteiger partial charge in [0, 0.05) is 24.3 Å². The first-order valence-electron chi connectivity index (χ1n) is 9.22. The van der Waals surface area contributed by atoms with E-state index in [1.807, 2.05) is 17.0 Å². The molecule has 0 aromatic heterocycles. The first-order valence-corrected chi connectivity index (χ1v) is 9.22. The van der Waals surface area contributed by atoms with Crippen molar-refractivity contribution < 1.29 is 4.79 Å². The van der Waals surface area contributed by atoms with Crippen molar-refractivity contribution in [1.29, 1.82) is 0 Å². The number of carbonyl (C=O) groups is 1. The summed E-state index contributed by atoms with van der Waals surface area (Å²) >= 11 is 0. The van der Waals surface area contributed by atoms with Gasteiger partial charge >= 0.3 is 0 Å². The largest absolute Gasteiger partial charge is 0.397 e. The van der Waals surface area contributed by atoms with Crippen molar-refractivity contribution in [2.45, 2.75) is 39.0 Å². The standard InChI is InChI=1S/C21H27N3O/c1-2-3-6-16-7-10-18(11-8-16)23-20-12-9-17(15-19(20)22)21(25)24-13-4-5-14-24/h7-12,15,23H,2-6,13-14,22H2,1H3. The molecule has 2 aromatic rings. The van der Waals surface area contributed by atoms with Gasteiger partial charge in [-0.2, -0.15) is 0 Å². The van der Waals surface area contributed by atoms with Gasteiger partial charge in [-0.05, 0) is 61.6 Å². The van der Waals surface area contributed by atoms with Crippen LogP contribution in [-0.4, -0.2) is 23.9 Å². The Kier molecular flexibility index (Phi) is 5.59. The Morgan fingerprint density at radius 2 is 1.84 bits per heavy atom. The fraction of sp³-hybridized carbons (Fsp3) is 0.381. The maximum atomic E-state index is 12.4. The summed E-state index contributed by atoms with van der Waals surface area (Å²) in [5.74, 6) is 0.0797. The number of likely N-dealkylation sites (tertiary alicyclic amines) is 1. The van der Waals surface area contributed by atoms with Crippen LogP contribution in [-0.2, 0) is 6.42 Å². The van der Waals surface area contributed by atoms with E-state index in [9.17, 15) is 4.79 Å². The SMILES string of the molecule is CCCCc1ccc(Nc2ccc(C(=O)N3CCCC3)cc2N)cc1. The first-order chi connectivity index (χ1) is 12.2. The molecule has 1 fully saturated rings. The number of nitrogens with zero attached hydrogens (tertiary/aromatic N) is 1. The summed E-state index contributed by atoms with van der Waals surface area (Å²) in [6, 6.07) is 14.0. The zero-order valence-electron chi connectivity index (χ0n) is 14.9. The third-order valence-corrected chi connectivity index (χ3v) is 4.74. The minimum absolute atomic E-state index is 0.0797. The smallest absolute Gasteiger partial charge is 0.253 e. The fourth-order valence-corrected chi connectivity index (χ4v) is 3.20. The summed E-state index contributed by atoms with van der Waals surface area (Å²) in [5, 5.41) is 3.34. The van der Waals surface area contributed by atoms with Crippen LogP contribution in [0.5, 0.6) is 0 Å². The predicted octanol–water partition coefficient (Wildman–Crippen LogP) is 4.59. The molecule has 25 heavy (non-hydrogen) atoms. The van der Waals surface area contributed by atoms with Crippen LogP contribution in [0.3, 0.4) is 0 Å². The molecule has 1 heterocycles. The molecule has 0 atom stereocenters. The van der Waals surface area contributed by atoms with Gasteiger partial charge in [-0.1, -0.05) is 25.5 Å². The molecular weight excluding hydrogens is 310 g/mol. The molecule has 0 aliphatic carbocycles. The van der Waals surface area contributed by atoms with Gasteiger partial charge in [-0.15, -0.1) is 0 Å². The van der Waals surface area contributed by atoms with Gasteiger partial charge in [0.15, 0.2) is 0 Å². The van der Waals surface area contributed by atoms with Crippen LogP contribution >= 0.6 is 0 Å². The number of hydrogen-bond acceptors (Lipinski definition) is 3. The number of carbonyl (C=O) groups excluding carboxylic acids is 1. The second-order valence-electron chi connectivity index (χ2n) is 6.73. The molecule has 0 saturated carbocycles. The van der Waals surface area contributed by atoms with Gasteiger partial charge in [0.1, 0.15) is 0 Å². The minimum atomic E-state index is 0.0797. The monoisotopic (exact) mass is 337 g/mol. The molecule has 0 unspecified atom stereocenters. The second kappa shape index (κ2) is 8.06. The summed E-state index contributed by atoms with van der Waals surface area (Å²) in [5.41, 5.74) is 10.6. The molecule has 0 radical (unpaired) electrons. The van der Waals surface area contributed by atoms with E-state index in [0.717, 1.165) is 43.7 Å². The number of nitrogens with one attached hydrogen (secondary N) is 1. The Bertz CT molecular complexity index is 718. The molecule has 132 valence electrons. The molecular formula is C21H27N3O. The van der Waals surface area contributed by atoms with Crippen molar-refractivity contribution in [2.75, 3.05) is 24.1 Å². The van der Waals surface area contributed by atoms with Gasteiger partial charge in [-0.25, -0.2) is 0 Å². The number of rotatable bonds is 6. The van der Waals surface area contributed by atoms with Crippen LogP contribution in [0.15, 0.2) is 42.5 Å². The Morgan fingerprint density at radius 1 is 1.12 bits per heavy atom. The van der Waals surface area contributed by atoms with Gasteiger partial charge in [0.25, 0.3) is 5.91 Å². The Morgan fingerprint density at radius 3 is 2.48 bits per heavy atom. The minimum Gasteiger partial charge on any atom is -0.397 e. The molecule has 3 rings (SSSR count). The van der Waals surface area contributed by atoms with Crippen LogP contribution in [0.25, 0.3) is 0 Å². The van der Waals surface area contributed by atoms with E-state index in [0.29, 0.717) is 11.3 Å². The summed E-state index contributed by atoms with van der Waals surface area (Å²) < 4.78 is 0. The quantitative estimate of drug-likeness (QED) is 0.758. The molecule has 1 amide bonds. The highest BCUT2D eigenvalue weighted by atomic mass is 16.2. The number of amides is 1. The summed E-state index contributed by atoms with van der Waals surface area (Å²) in [7, 11) is 0. The molecule has 2 aromatic carbocycles. The Hall–Kier alpha value is -2.49. The highest BCUT2D eigenvalue weighted by molar-refractivity contribution is 5.96. The number of nitrogens with two attached hydrogens (primary N) is 1. The van der Waals surface area contributed by atoms with Crippen LogP contribution in [0.1, 0.15) is 48.5 Å². The number of nitrogen functional groups attached to an aromatic ring is 1. The van der Waals surface area contributed by atoms with Crippen LogP contribution in [0, 0.1) is 0 Å². The van der Waals surface area contributed by atoms with E-state index in [1.165, 1.54) is 18.4 Å². The molecule has 0 spiro atoms. The molecule has 1 saturated heterocycles. The topological polar surface area (TPSA) is 58.4 Å². The van der Waals surface area contributed by atoms with E-state index < -0.39 is 0 Å². The number of benzene rings is 2. The molecule has 4 nitrogen and oxygen atoms in total. The van der Waals surface area contributed by atoms with E-state index in [4.69, 9.17) is 5.73 Å². The molecule has 0 bridgehead atoms. The van der Waals surface area contributed by atoms with Gasteiger partial charge in [-0.3, -0.25) is 4.79 Å². The van der Waals surface area contributed by atoms with Crippen LogP contribution < -0.4 is 11.1 Å². The highest BCUT2D eigenvalue weighted by Crippen LogP contribution is 2.26. The van der Waals surface area contributed by atoms with Crippen LogP contribution in [0.2, 0.25) is 0 Å². The van der Waals surface area contributed by atoms with Crippen molar-refractivity contribution in [2.24, 2.45) is 0 Å². The number of aryl methyl sites for hydroxylation is 1. The van der Waals surface area contributed by atoms with Crippen molar-refractivity contribution >= 4 is 23.0 Å². The molecule has 1 aliphatic heterocycles. The van der Waals surface area contributed by atoms with E-state index in [-0.39, 0.29) is 5.91 Å². The van der Waals surface area contributed by atoms with Crippen molar-refractivity contribution in [3.8, 4) is 0 Å². The highest BCUT2D eigenvalue weighted by Gasteiger charge is 2.19. The number of unbranched alkanes of at least 4 members (excludes halogenated alkanes) is 1. The second-order valence-corrected chi connectivity index (χ2v) is 6.73. The molecule has 1 aliphatic rings. The predicted molar refractivity (Wildman–Crippen MR) is 104 cm³/mol. The average Bonchev–Trinajstić information content (AvgIpc) is 3.17. The Labute approximate surface area is 150 Å². The number of hydrogen-bond donors (Lipinski definition) is 2. The first kappa shape index (κ1) is 17.3. The number of anilines is 3. The van der Waals surface area contributed by atoms with Gasteiger partial charge in [0.2, 0.25) is 0 Å². The van der Waals surface area contributed by atoms with E-state index in [2.05, 4.69) is 36.5 Å². The summed E-state index contributed by atoms with van der Waals surface area (Å²) in [4.78, 5) is 14.3. The third-order valence-electron chi connectivity index (χ3n) is 4.74. The van der Waals surface area contributed by atoms with E-state index in [1.54, 1.807) is 6.07 Å². The lowest BCUT2D eigenvalue weighted by Gasteiger charge is -2.16. The zero-order chi connectivity index (χ0) is 17.6. The van der Waals surface area contributed by atoms with Gasteiger partial charge in [0.05, 0.1) is 11.4 Å². The normalized spacial score (nSPS) is 13.9. The summed E-state index contributed by atoms with van der Waals surface area (Å²) in [6.07, 6.45) is 5.72. The van der Waals surface area contributed by atoms with Gasteiger partial charge < -0.3 is 16.0 Å². The van der Waals surface area contributed by atoms with Crippen molar-refractivity contribution in [1.82, 2.24) is 4.90 Å². The fourth-order valence-electron chi connectivity index (χ4n) is 3.20. The lowest BCUT2D eigenvalue weighted by Crippen LogP contribution is -2.27. The maximum absolute atomic E-state index is 12.4. The maximum Gasteiger partial charge on any atom is 0.253 e. The third kappa shape index (κ3) is 4.32. The van der Waals surface area contributed by atoms with Crippen LogP contribution in [0.4, 0.5) is 17.1 Å².